The normalized spacial score (nSPS) is 8.50. The number of aromatic nitrogens is 2. The fraction of sp³-hybridized carbons (Fsp3) is 0.571. The molecule has 1 aromatic rings. The predicted molar refractivity (Wildman–Crippen MR) is 55.1 cm³/mol. The van der Waals surface area contributed by atoms with E-state index in [9.17, 15) is 0 Å². The van der Waals surface area contributed by atoms with E-state index in [1.807, 2.05) is 24.1 Å². The molecule has 3 nitrogen and oxygen atoms in total. The van der Waals surface area contributed by atoms with Crippen LogP contribution < -0.4 is 5.73 Å². The van der Waals surface area contributed by atoms with E-state index in [0.717, 1.165) is 19.4 Å². The van der Waals surface area contributed by atoms with Gasteiger partial charge in [-0.15, -0.1) is 24.8 Å². The molecule has 0 spiro atoms. The van der Waals surface area contributed by atoms with Crippen molar-refractivity contribution in [2.24, 2.45) is 12.8 Å². The van der Waals surface area contributed by atoms with Crippen LogP contribution in [-0.2, 0) is 13.5 Å². The smallest absolute Gasteiger partial charge is 0.0521 e. The van der Waals surface area contributed by atoms with E-state index in [-0.39, 0.29) is 24.8 Å². The molecule has 12 heavy (non-hydrogen) atoms. The topological polar surface area (TPSA) is 43.8 Å². The van der Waals surface area contributed by atoms with Gasteiger partial charge in [-0.3, -0.25) is 4.68 Å². The van der Waals surface area contributed by atoms with E-state index < -0.39 is 0 Å². The molecule has 0 aliphatic carbocycles. The minimum Gasteiger partial charge on any atom is -0.330 e. The summed E-state index contributed by atoms with van der Waals surface area (Å²) in [6, 6.07) is 0. The zero-order chi connectivity index (χ0) is 7.40. The van der Waals surface area contributed by atoms with E-state index in [1.165, 1.54) is 5.56 Å². The molecule has 0 atom stereocenters. The van der Waals surface area contributed by atoms with Gasteiger partial charge in [0.05, 0.1) is 6.20 Å². The van der Waals surface area contributed by atoms with Gasteiger partial charge < -0.3 is 5.73 Å². The second-order valence-corrected chi connectivity index (χ2v) is 2.41. The summed E-state index contributed by atoms with van der Waals surface area (Å²) < 4.78 is 1.81. The summed E-state index contributed by atoms with van der Waals surface area (Å²) in [5.41, 5.74) is 6.63. The third-order valence-electron chi connectivity index (χ3n) is 1.43. The van der Waals surface area contributed by atoms with Gasteiger partial charge in [-0.1, -0.05) is 0 Å². The molecule has 0 fully saturated rings. The Morgan fingerprint density at radius 2 is 2.17 bits per heavy atom. The van der Waals surface area contributed by atoms with Crippen molar-refractivity contribution in [2.45, 2.75) is 12.8 Å². The second kappa shape index (κ2) is 7.40. The molecule has 0 saturated heterocycles. The molecule has 5 heteroatoms. The van der Waals surface area contributed by atoms with Crippen LogP contribution in [0.4, 0.5) is 0 Å². The molecule has 0 radical (unpaired) electrons. The average molecular weight is 212 g/mol. The summed E-state index contributed by atoms with van der Waals surface area (Å²) in [6.45, 7) is 0.759. The Labute approximate surface area is 85.1 Å². The first kappa shape index (κ1) is 14.3. The molecule has 0 aromatic carbocycles. The van der Waals surface area contributed by atoms with Gasteiger partial charge in [0.15, 0.2) is 0 Å². The van der Waals surface area contributed by atoms with Gasteiger partial charge in [-0.25, -0.2) is 0 Å². The largest absolute Gasteiger partial charge is 0.330 e. The molecule has 0 bridgehead atoms. The highest BCUT2D eigenvalue weighted by Crippen LogP contribution is 1.98. The summed E-state index contributed by atoms with van der Waals surface area (Å²) in [6.07, 6.45) is 6.00. The van der Waals surface area contributed by atoms with Gasteiger partial charge in [-0.2, -0.15) is 5.10 Å². The zero-order valence-electron chi connectivity index (χ0n) is 7.06. The minimum absolute atomic E-state index is 0. The second-order valence-electron chi connectivity index (χ2n) is 2.41. The predicted octanol–water partition coefficient (Wildman–Crippen LogP) is 1.15. The number of aryl methyl sites for hydroxylation is 2. The number of hydrogen-bond acceptors (Lipinski definition) is 2. The number of halogens is 2. The number of hydrogen-bond donors (Lipinski definition) is 1. The van der Waals surface area contributed by atoms with Crippen LogP contribution in [0.25, 0.3) is 0 Å². The van der Waals surface area contributed by atoms with E-state index in [4.69, 9.17) is 5.73 Å². The highest BCUT2D eigenvalue weighted by molar-refractivity contribution is 5.85. The Balaban J connectivity index is 0. The Hall–Kier alpha value is -0.250. The first-order chi connectivity index (χ1) is 4.83. The summed E-state index contributed by atoms with van der Waals surface area (Å²) in [4.78, 5) is 0. The van der Waals surface area contributed by atoms with E-state index in [2.05, 4.69) is 5.10 Å². The Morgan fingerprint density at radius 1 is 1.50 bits per heavy atom. The van der Waals surface area contributed by atoms with Gasteiger partial charge in [-0.05, 0) is 24.9 Å². The van der Waals surface area contributed by atoms with Gasteiger partial charge in [0, 0.05) is 13.2 Å². The molecule has 0 aliphatic rings. The lowest BCUT2D eigenvalue weighted by Crippen LogP contribution is -1.99. The lowest BCUT2D eigenvalue weighted by Gasteiger charge is -1.90. The van der Waals surface area contributed by atoms with Crippen LogP contribution in [0.5, 0.6) is 0 Å². The average Bonchev–Trinajstić information content (AvgIpc) is 2.31. The molecule has 1 aromatic heterocycles. The summed E-state index contributed by atoms with van der Waals surface area (Å²) in [5, 5.41) is 4.05. The molecule has 0 aliphatic heterocycles. The lowest BCUT2D eigenvalue weighted by atomic mass is 10.2. The standard InChI is InChI=1S/C7H13N3.2ClH/c1-10-6-7(5-9-10)3-2-4-8;;/h5-6H,2-4,8H2,1H3;2*1H. The molecule has 1 rings (SSSR count). The van der Waals surface area contributed by atoms with Crippen LogP contribution in [0.1, 0.15) is 12.0 Å². The van der Waals surface area contributed by atoms with Gasteiger partial charge in [0.1, 0.15) is 0 Å². The molecule has 72 valence electrons. The first-order valence-corrected chi connectivity index (χ1v) is 3.50. The van der Waals surface area contributed by atoms with Gasteiger partial charge in [0.2, 0.25) is 0 Å². The van der Waals surface area contributed by atoms with E-state index in [0.29, 0.717) is 0 Å². The molecule has 1 heterocycles. The summed E-state index contributed by atoms with van der Waals surface area (Å²) in [5.74, 6) is 0. The van der Waals surface area contributed by atoms with Crippen molar-refractivity contribution in [3.8, 4) is 0 Å². The van der Waals surface area contributed by atoms with Crippen LogP contribution >= 0.6 is 24.8 Å². The fourth-order valence-electron chi connectivity index (χ4n) is 0.907. The highest BCUT2D eigenvalue weighted by atomic mass is 35.5. The third kappa shape index (κ3) is 4.59. The molecular formula is C7H15Cl2N3. The SMILES string of the molecule is Cl.Cl.Cn1cc(CCCN)cn1. The van der Waals surface area contributed by atoms with Crippen molar-refractivity contribution in [2.75, 3.05) is 6.54 Å². The van der Waals surface area contributed by atoms with Crippen molar-refractivity contribution in [3.63, 3.8) is 0 Å². The van der Waals surface area contributed by atoms with E-state index >= 15 is 0 Å². The minimum atomic E-state index is 0. The van der Waals surface area contributed by atoms with Crippen LogP contribution in [-0.4, -0.2) is 16.3 Å². The maximum absolute atomic E-state index is 5.36. The Kier molecular flexibility index (Phi) is 8.81. The van der Waals surface area contributed by atoms with Crippen molar-refractivity contribution in [1.82, 2.24) is 9.78 Å². The highest BCUT2D eigenvalue weighted by Gasteiger charge is 1.93. The Morgan fingerprint density at radius 3 is 2.58 bits per heavy atom. The third-order valence-corrected chi connectivity index (χ3v) is 1.43. The molecule has 0 unspecified atom stereocenters. The van der Waals surface area contributed by atoms with Crippen molar-refractivity contribution < 1.29 is 0 Å². The lowest BCUT2D eigenvalue weighted by molar-refractivity contribution is 0.765. The van der Waals surface area contributed by atoms with Crippen LogP contribution in [0, 0.1) is 0 Å². The quantitative estimate of drug-likeness (QED) is 0.816. The first-order valence-electron chi connectivity index (χ1n) is 3.50. The number of rotatable bonds is 3. The monoisotopic (exact) mass is 211 g/mol. The van der Waals surface area contributed by atoms with Gasteiger partial charge >= 0.3 is 0 Å². The van der Waals surface area contributed by atoms with E-state index in [1.54, 1.807) is 0 Å². The molecular weight excluding hydrogens is 197 g/mol. The van der Waals surface area contributed by atoms with Crippen LogP contribution in [0.15, 0.2) is 12.4 Å². The van der Waals surface area contributed by atoms with Crippen LogP contribution in [0.3, 0.4) is 0 Å². The maximum Gasteiger partial charge on any atom is 0.0521 e. The van der Waals surface area contributed by atoms with Gasteiger partial charge in [0.25, 0.3) is 0 Å². The maximum atomic E-state index is 5.36. The van der Waals surface area contributed by atoms with Crippen molar-refractivity contribution in [3.05, 3.63) is 18.0 Å². The Bertz CT molecular complexity index is 200. The fourth-order valence-corrected chi connectivity index (χ4v) is 0.907. The van der Waals surface area contributed by atoms with Crippen molar-refractivity contribution in [1.29, 1.82) is 0 Å². The molecule has 0 amide bonds. The molecule has 0 saturated carbocycles. The summed E-state index contributed by atoms with van der Waals surface area (Å²) >= 11 is 0. The van der Waals surface area contributed by atoms with Crippen molar-refractivity contribution >= 4 is 24.8 Å². The number of nitrogens with two attached hydrogens (primary N) is 1. The number of nitrogens with zero attached hydrogens (tertiary/aromatic N) is 2. The van der Waals surface area contributed by atoms with Crippen LogP contribution in [0.2, 0.25) is 0 Å². The zero-order valence-corrected chi connectivity index (χ0v) is 8.70. The molecule has 2 N–H and O–H groups in total. The summed E-state index contributed by atoms with van der Waals surface area (Å²) in [7, 11) is 1.92.